The molecule has 0 saturated heterocycles. The molecule has 0 N–H and O–H groups in total. The van der Waals surface area contributed by atoms with Crippen LogP contribution in [0, 0.1) is 0 Å². The van der Waals surface area contributed by atoms with Crippen LogP contribution in [0.25, 0.3) is 89.2 Å². The summed E-state index contributed by atoms with van der Waals surface area (Å²) >= 11 is 0. The second kappa shape index (κ2) is 12.9. The van der Waals surface area contributed by atoms with E-state index in [2.05, 4.69) is 170 Å². The Labute approximate surface area is 321 Å². The van der Waals surface area contributed by atoms with E-state index in [9.17, 15) is 0 Å². The minimum Gasteiger partial charge on any atom is -0.228 e. The molecule has 9 aromatic rings. The Bertz CT molecular complexity index is 2820. The van der Waals surface area contributed by atoms with Gasteiger partial charge in [0.2, 0.25) is 0 Å². The zero-order chi connectivity index (χ0) is 36.3. The summed E-state index contributed by atoms with van der Waals surface area (Å²) in [5.74, 6) is 1.83. The van der Waals surface area contributed by atoms with Crippen molar-refractivity contribution in [2.75, 3.05) is 0 Å². The van der Waals surface area contributed by atoms with E-state index < -0.39 is 0 Å². The van der Waals surface area contributed by atoms with Crippen molar-refractivity contribution in [1.82, 2.24) is 9.97 Å². The molecule has 1 fully saturated rings. The predicted octanol–water partition coefficient (Wildman–Crippen LogP) is 13.9. The molecule has 2 heteroatoms. The maximum Gasteiger partial charge on any atom is 0.160 e. The fourth-order valence-corrected chi connectivity index (χ4v) is 8.93. The Kier molecular flexibility index (Phi) is 7.41. The molecule has 0 radical (unpaired) electrons. The Morgan fingerprint density at radius 1 is 0.309 bits per heavy atom. The van der Waals surface area contributed by atoms with Gasteiger partial charge in [0.25, 0.3) is 0 Å². The average molecular weight is 701 g/mol. The van der Waals surface area contributed by atoms with Gasteiger partial charge in [0, 0.05) is 16.7 Å². The van der Waals surface area contributed by atoms with Gasteiger partial charge in [0.1, 0.15) is 0 Å². The summed E-state index contributed by atoms with van der Waals surface area (Å²) in [6.45, 7) is 0. The Morgan fingerprint density at radius 3 is 1.56 bits per heavy atom. The molecule has 2 atom stereocenters. The largest absolute Gasteiger partial charge is 0.228 e. The van der Waals surface area contributed by atoms with Crippen LogP contribution in [0.1, 0.15) is 29.4 Å². The van der Waals surface area contributed by atoms with Gasteiger partial charge in [0.15, 0.2) is 5.82 Å². The van der Waals surface area contributed by atoms with Crippen molar-refractivity contribution in [2.24, 2.45) is 0 Å². The number of nitrogens with zero attached hydrogens (tertiary/aromatic N) is 2. The van der Waals surface area contributed by atoms with Gasteiger partial charge < -0.3 is 0 Å². The van der Waals surface area contributed by atoms with E-state index in [1.807, 2.05) is 24.3 Å². The molecule has 11 rings (SSSR count). The van der Waals surface area contributed by atoms with Crippen molar-refractivity contribution in [3.8, 4) is 78.4 Å². The molecule has 2 aliphatic carbocycles. The van der Waals surface area contributed by atoms with Crippen LogP contribution in [-0.2, 0) is 0 Å². The molecule has 1 aromatic heterocycles. The minimum atomic E-state index is 0.544. The van der Waals surface area contributed by atoms with Crippen molar-refractivity contribution < 1.29 is 0 Å². The second-order valence-corrected chi connectivity index (χ2v) is 14.9. The van der Waals surface area contributed by atoms with Crippen LogP contribution in [0.3, 0.4) is 0 Å². The highest BCUT2D eigenvalue weighted by atomic mass is 14.9. The normalized spacial score (nSPS) is 15.2. The molecule has 0 spiro atoms. The van der Waals surface area contributed by atoms with Gasteiger partial charge in [-0.1, -0.05) is 176 Å². The third-order valence-corrected chi connectivity index (χ3v) is 11.6. The summed E-state index contributed by atoms with van der Waals surface area (Å²) in [7, 11) is 0. The lowest BCUT2D eigenvalue weighted by molar-refractivity contribution is 1.02. The van der Waals surface area contributed by atoms with Gasteiger partial charge in [0.05, 0.1) is 11.4 Å². The van der Waals surface area contributed by atoms with E-state index in [1.165, 1.54) is 72.8 Å². The minimum absolute atomic E-state index is 0.544. The summed E-state index contributed by atoms with van der Waals surface area (Å²) in [6, 6.07) is 70.0. The lowest BCUT2D eigenvalue weighted by Crippen LogP contribution is -2.03. The predicted molar refractivity (Wildman–Crippen MR) is 228 cm³/mol. The summed E-state index contributed by atoms with van der Waals surface area (Å²) in [5.41, 5.74) is 18.4. The maximum absolute atomic E-state index is 5.05. The average Bonchev–Trinajstić information content (AvgIpc) is 4.08. The maximum atomic E-state index is 5.05. The first-order valence-electron chi connectivity index (χ1n) is 19.2. The van der Waals surface area contributed by atoms with E-state index in [0.29, 0.717) is 11.8 Å². The van der Waals surface area contributed by atoms with Crippen molar-refractivity contribution in [3.05, 3.63) is 205 Å². The molecule has 2 aliphatic rings. The third-order valence-electron chi connectivity index (χ3n) is 11.6. The number of fused-ring (bicyclic) bond motifs is 8. The molecule has 0 amide bonds. The smallest absolute Gasteiger partial charge is 0.160 e. The number of hydrogen-bond donors (Lipinski definition) is 0. The van der Waals surface area contributed by atoms with Crippen molar-refractivity contribution >= 4 is 10.8 Å². The van der Waals surface area contributed by atoms with Crippen LogP contribution in [-0.4, -0.2) is 9.97 Å². The Balaban J connectivity index is 0.972. The van der Waals surface area contributed by atoms with Gasteiger partial charge in [-0.25, -0.2) is 9.97 Å². The highest BCUT2D eigenvalue weighted by Crippen LogP contribution is 2.65. The fourth-order valence-electron chi connectivity index (χ4n) is 8.93. The Morgan fingerprint density at radius 2 is 0.836 bits per heavy atom. The standard InChI is InChI=1S/C53H36N2/c1-4-14-35(15-5-1)45-31-46-44-25-13-24-41(51(44)47-32-48(47)52(46)43-23-11-10-22-42(43)45)40-21-12-20-39(30-40)34-26-28-37(29-27-34)50-33-49(36-16-6-2-7-17-36)54-53(55-50)38-18-8-3-9-19-38/h1-31,33,47-48H,32H2. The molecule has 0 aliphatic heterocycles. The van der Waals surface area contributed by atoms with E-state index in [-0.39, 0.29) is 0 Å². The van der Waals surface area contributed by atoms with Crippen molar-refractivity contribution in [3.63, 3.8) is 0 Å². The van der Waals surface area contributed by atoms with E-state index in [0.717, 1.165) is 33.9 Å². The van der Waals surface area contributed by atoms with Gasteiger partial charge in [-0.2, -0.15) is 0 Å². The summed E-state index contributed by atoms with van der Waals surface area (Å²) in [6.07, 6.45) is 1.20. The number of benzene rings is 8. The van der Waals surface area contributed by atoms with Crippen LogP contribution in [0.5, 0.6) is 0 Å². The zero-order valence-corrected chi connectivity index (χ0v) is 30.2. The topological polar surface area (TPSA) is 25.8 Å². The molecule has 2 nitrogen and oxygen atoms in total. The SMILES string of the molecule is c1ccc(-c2cc(-c3ccc(-c4cccc(-c5cccc6c5C5CC5c5c-6cc(-c6ccccc6)c6ccccc56)c4)cc3)nc(-c3ccccc3)n2)cc1. The van der Waals surface area contributed by atoms with Crippen LogP contribution in [0.4, 0.5) is 0 Å². The molecule has 2 unspecified atom stereocenters. The van der Waals surface area contributed by atoms with Gasteiger partial charge in [-0.05, 0) is 103 Å². The molecule has 1 heterocycles. The van der Waals surface area contributed by atoms with E-state index in [4.69, 9.17) is 9.97 Å². The summed E-state index contributed by atoms with van der Waals surface area (Å²) < 4.78 is 0. The molecule has 0 bridgehead atoms. The lowest BCUT2D eigenvalue weighted by Gasteiger charge is -2.25. The van der Waals surface area contributed by atoms with Crippen LogP contribution in [0.2, 0.25) is 0 Å². The van der Waals surface area contributed by atoms with Crippen molar-refractivity contribution in [2.45, 2.75) is 18.3 Å². The first-order valence-corrected chi connectivity index (χ1v) is 19.2. The van der Waals surface area contributed by atoms with Gasteiger partial charge >= 0.3 is 0 Å². The molecular formula is C53H36N2. The number of aromatic nitrogens is 2. The lowest BCUT2D eigenvalue weighted by atomic mass is 9.78. The van der Waals surface area contributed by atoms with Crippen LogP contribution < -0.4 is 0 Å². The van der Waals surface area contributed by atoms with E-state index in [1.54, 1.807) is 0 Å². The van der Waals surface area contributed by atoms with Gasteiger partial charge in [-0.15, -0.1) is 0 Å². The van der Waals surface area contributed by atoms with Crippen molar-refractivity contribution in [1.29, 1.82) is 0 Å². The van der Waals surface area contributed by atoms with E-state index >= 15 is 0 Å². The molecule has 55 heavy (non-hydrogen) atoms. The number of hydrogen-bond acceptors (Lipinski definition) is 2. The molecule has 1 saturated carbocycles. The van der Waals surface area contributed by atoms with Crippen LogP contribution in [0.15, 0.2) is 194 Å². The quantitative estimate of drug-likeness (QED) is 0.173. The van der Waals surface area contributed by atoms with Gasteiger partial charge in [-0.3, -0.25) is 0 Å². The fraction of sp³-hybridized carbons (Fsp3) is 0.0566. The monoisotopic (exact) mass is 700 g/mol. The number of rotatable bonds is 6. The molecule has 258 valence electrons. The molecule has 8 aromatic carbocycles. The highest BCUT2D eigenvalue weighted by Gasteiger charge is 2.47. The first kappa shape index (κ1) is 31.6. The van der Waals surface area contributed by atoms with Crippen LogP contribution >= 0.6 is 0 Å². The highest BCUT2D eigenvalue weighted by molar-refractivity contribution is 6.05. The Hall–Kier alpha value is -6.90. The summed E-state index contributed by atoms with van der Waals surface area (Å²) in [4.78, 5) is 10.0. The summed E-state index contributed by atoms with van der Waals surface area (Å²) in [5, 5.41) is 2.76. The first-order chi connectivity index (χ1) is 27.3. The zero-order valence-electron chi connectivity index (χ0n) is 30.2. The molecular weight excluding hydrogens is 665 g/mol. The second-order valence-electron chi connectivity index (χ2n) is 14.9. The third kappa shape index (κ3) is 5.49.